The summed E-state index contributed by atoms with van der Waals surface area (Å²) in [7, 11) is 0.736. The summed E-state index contributed by atoms with van der Waals surface area (Å²) in [6.45, 7) is 8.52. The molecule has 1 aromatic rings. The molecular weight excluding hydrogens is 203 g/mol. The first kappa shape index (κ1) is 12.4. The van der Waals surface area contributed by atoms with E-state index in [9.17, 15) is 4.39 Å². The minimum Gasteiger partial charge on any atom is -0.207 e. The number of hydrogen-bond acceptors (Lipinski definition) is 0. The summed E-state index contributed by atoms with van der Waals surface area (Å²) in [5.41, 5.74) is 1.13. The molecule has 15 heavy (non-hydrogen) atoms. The fraction of sp³-hybridized carbons (Fsp3) is 0.538. The van der Waals surface area contributed by atoms with Crippen molar-refractivity contribution in [3.05, 3.63) is 29.6 Å². The molecular formula is C13H19FSi. The van der Waals surface area contributed by atoms with Crippen molar-refractivity contribution in [2.24, 2.45) is 0 Å². The van der Waals surface area contributed by atoms with Crippen molar-refractivity contribution >= 4 is 14.7 Å². The lowest BCUT2D eigenvalue weighted by atomic mass is 9.87. The van der Waals surface area contributed by atoms with E-state index >= 15 is 0 Å². The van der Waals surface area contributed by atoms with Gasteiger partial charge >= 0.3 is 0 Å². The highest BCUT2D eigenvalue weighted by atomic mass is 28.2. The van der Waals surface area contributed by atoms with E-state index < -0.39 is 0 Å². The van der Waals surface area contributed by atoms with E-state index in [2.05, 4.69) is 33.8 Å². The summed E-state index contributed by atoms with van der Waals surface area (Å²) in [6, 6.07) is 6.63. The third-order valence-electron chi connectivity index (χ3n) is 2.34. The van der Waals surface area contributed by atoms with Crippen molar-refractivity contribution in [1.29, 1.82) is 0 Å². The second kappa shape index (κ2) is 4.93. The third kappa shape index (κ3) is 3.78. The summed E-state index contributed by atoms with van der Waals surface area (Å²) in [4.78, 5) is 0. The molecule has 2 radical (unpaired) electrons. The van der Waals surface area contributed by atoms with Crippen molar-refractivity contribution in [3.63, 3.8) is 0 Å². The summed E-state index contributed by atoms with van der Waals surface area (Å²) >= 11 is 0. The monoisotopic (exact) mass is 222 g/mol. The Morgan fingerprint density at radius 1 is 1.20 bits per heavy atom. The van der Waals surface area contributed by atoms with Crippen molar-refractivity contribution < 1.29 is 4.39 Å². The van der Waals surface area contributed by atoms with E-state index in [1.807, 2.05) is 0 Å². The maximum absolute atomic E-state index is 13.4. The molecule has 1 aromatic carbocycles. The lowest BCUT2D eigenvalue weighted by Crippen LogP contribution is -2.20. The molecule has 0 spiro atoms. The Morgan fingerprint density at radius 2 is 1.87 bits per heavy atom. The van der Waals surface area contributed by atoms with Gasteiger partial charge in [-0.15, -0.1) is 0 Å². The van der Waals surface area contributed by atoms with Gasteiger partial charge in [-0.05, 0) is 23.1 Å². The minimum atomic E-state index is -0.0963. The SMILES string of the molecule is CCC[Si]c1cc(F)cc(C(C)(C)C)c1. The third-order valence-corrected chi connectivity index (χ3v) is 3.79. The van der Waals surface area contributed by atoms with Crippen molar-refractivity contribution in [3.8, 4) is 0 Å². The highest BCUT2D eigenvalue weighted by Gasteiger charge is 2.15. The van der Waals surface area contributed by atoms with Gasteiger partial charge in [0.25, 0.3) is 0 Å². The van der Waals surface area contributed by atoms with E-state index in [0.717, 1.165) is 26.3 Å². The van der Waals surface area contributed by atoms with Gasteiger partial charge in [0, 0.05) is 0 Å². The Kier molecular flexibility index (Phi) is 4.09. The van der Waals surface area contributed by atoms with Crippen LogP contribution in [0.15, 0.2) is 18.2 Å². The summed E-state index contributed by atoms with van der Waals surface area (Å²) < 4.78 is 13.4. The molecule has 2 heteroatoms. The van der Waals surface area contributed by atoms with Crippen LogP contribution in [-0.4, -0.2) is 9.52 Å². The predicted molar refractivity (Wildman–Crippen MR) is 65.6 cm³/mol. The first-order valence-electron chi connectivity index (χ1n) is 5.48. The molecule has 0 aliphatic rings. The van der Waals surface area contributed by atoms with Gasteiger partial charge in [-0.3, -0.25) is 0 Å². The van der Waals surface area contributed by atoms with Crippen LogP contribution in [0.25, 0.3) is 0 Å². The zero-order valence-electron chi connectivity index (χ0n) is 10.0. The van der Waals surface area contributed by atoms with Gasteiger partial charge in [0.15, 0.2) is 0 Å². The molecule has 0 saturated carbocycles. The first-order valence-corrected chi connectivity index (χ1v) is 6.69. The van der Waals surface area contributed by atoms with Crippen LogP contribution < -0.4 is 5.19 Å². The van der Waals surface area contributed by atoms with Crippen molar-refractivity contribution in [2.75, 3.05) is 0 Å². The maximum Gasteiger partial charge on any atom is 0.123 e. The van der Waals surface area contributed by atoms with E-state index in [1.165, 1.54) is 6.42 Å². The van der Waals surface area contributed by atoms with Crippen molar-refractivity contribution in [2.45, 2.75) is 45.6 Å². The number of hydrogen-bond donors (Lipinski definition) is 0. The van der Waals surface area contributed by atoms with Crippen LogP contribution >= 0.6 is 0 Å². The molecule has 1 rings (SSSR count). The Bertz CT molecular complexity index is 326. The van der Waals surface area contributed by atoms with Gasteiger partial charge in [0.2, 0.25) is 0 Å². The molecule has 0 saturated heterocycles. The molecule has 82 valence electrons. The van der Waals surface area contributed by atoms with E-state index in [-0.39, 0.29) is 11.2 Å². The quantitative estimate of drug-likeness (QED) is 0.689. The second-order valence-corrected chi connectivity index (χ2v) is 6.34. The van der Waals surface area contributed by atoms with Gasteiger partial charge in [0.05, 0.1) is 9.52 Å². The molecule has 0 unspecified atom stereocenters. The normalized spacial score (nSPS) is 11.8. The van der Waals surface area contributed by atoms with Gasteiger partial charge in [-0.1, -0.05) is 51.4 Å². The highest BCUT2D eigenvalue weighted by Crippen LogP contribution is 2.21. The average molecular weight is 222 g/mol. The van der Waals surface area contributed by atoms with Crippen LogP contribution in [0.2, 0.25) is 6.04 Å². The summed E-state index contributed by atoms with van der Waals surface area (Å²) in [5.74, 6) is -0.0963. The molecule has 0 fully saturated rings. The van der Waals surface area contributed by atoms with Crippen LogP contribution in [-0.2, 0) is 5.41 Å². The van der Waals surface area contributed by atoms with Gasteiger partial charge in [-0.25, -0.2) is 4.39 Å². The van der Waals surface area contributed by atoms with Crippen LogP contribution in [0.4, 0.5) is 4.39 Å². The van der Waals surface area contributed by atoms with Crippen LogP contribution in [0.5, 0.6) is 0 Å². The average Bonchev–Trinajstić information content (AvgIpc) is 2.12. The smallest absolute Gasteiger partial charge is 0.123 e. The lowest BCUT2D eigenvalue weighted by molar-refractivity contribution is 0.573. The topological polar surface area (TPSA) is 0 Å². The predicted octanol–water partition coefficient (Wildman–Crippen LogP) is 3.28. The summed E-state index contributed by atoms with van der Waals surface area (Å²) in [6.07, 6.45) is 1.17. The van der Waals surface area contributed by atoms with Crippen LogP contribution in [0.3, 0.4) is 0 Å². The van der Waals surface area contributed by atoms with E-state index in [0.29, 0.717) is 0 Å². The number of halogens is 1. The fourth-order valence-electron chi connectivity index (χ4n) is 1.39. The largest absolute Gasteiger partial charge is 0.207 e. The summed E-state index contributed by atoms with van der Waals surface area (Å²) in [5, 5.41) is 1.15. The molecule has 0 aromatic heterocycles. The zero-order chi connectivity index (χ0) is 11.5. The first-order chi connectivity index (χ1) is 6.93. The maximum atomic E-state index is 13.4. The molecule has 0 aliphatic heterocycles. The van der Waals surface area contributed by atoms with E-state index in [1.54, 1.807) is 12.1 Å². The minimum absolute atomic E-state index is 0.0353. The Labute approximate surface area is 94.7 Å². The Hall–Kier alpha value is -0.633. The van der Waals surface area contributed by atoms with Crippen molar-refractivity contribution in [1.82, 2.24) is 0 Å². The molecule has 0 amide bonds. The van der Waals surface area contributed by atoms with Crippen LogP contribution in [0.1, 0.15) is 39.7 Å². The van der Waals surface area contributed by atoms with E-state index in [4.69, 9.17) is 0 Å². The number of rotatable bonds is 3. The number of benzene rings is 1. The Morgan fingerprint density at radius 3 is 2.40 bits per heavy atom. The second-order valence-electron chi connectivity index (χ2n) is 4.91. The lowest BCUT2D eigenvalue weighted by Gasteiger charge is -2.20. The van der Waals surface area contributed by atoms with Crippen LogP contribution in [0, 0.1) is 5.82 Å². The molecule has 0 aliphatic carbocycles. The Balaban J connectivity index is 2.95. The van der Waals surface area contributed by atoms with Gasteiger partial charge in [0.1, 0.15) is 5.82 Å². The molecule has 0 N–H and O–H groups in total. The van der Waals surface area contributed by atoms with Gasteiger partial charge < -0.3 is 0 Å². The van der Waals surface area contributed by atoms with Gasteiger partial charge in [-0.2, -0.15) is 0 Å². The standard InChI is InChI=1S/C13H19FSi/c1-5-6-15-12-8-10(13(2,3)4)7-11(14)9-12/h7-9H,5-6H2,1-4H3. The molecule has 0 heterocycles. The zero-order valence-corrected chi connectivity index (χ0v) is 11.0. The molecule has 0 nitrogen and oxygen atoms in total. The molecule has 0 bridgehead atoms. The highest BCUT2D eigenvalue weighted by molar-refractivity contribution is 6.53. The molecule has 0 atom stereocenters. The fourth-order valence-corrected chi connectivity index (χ4v) is 2.43.